The molecule has 0 aromatic rings. The van der Waals surface area contributed by atoms with E-state index in [2.05, 4.69) is 6.07 Å². The Morgan fingerprint density at radius 3 is 3.10 bits per heavy atom. The van der Waals surface area contributed by atoms with Gasteiger partial charge in [0.15, 0.2) is 0 Å². The molecule has 1 saturated heterocycles. The van der Waals surface area contributed by atoms with Crippen LogP contribution in [-0.4, -0.2) is 11.5 Å². The molecule has 0 spiro atoms. The van der Waals surface area contributed by atoms with E-state index in [-0.39, 0.29) is 0 Å². The van der Waals surface area contributed by atoms with E-state index >= 15 is 0 Å². The molecule has 1 nitrogen and oxygen atoms in total. The van der Waals surface area contributed by atoms with Gasteiger partial charge in [-0.2, -0.15) is 17.0 Å². The summed E-state index contributed by atoms with van der Waals surface area (Å²) in [6.45, 7) is 0. The molecule has 0 saturated carbocycles. The van der Waals surface area contributed by atoms with Crippen molar-refractivity contribution in [1.82, 2.24) is 0 Å². The molecule has 1 aliphatic rings. The molecule has 0 aliphatic carbocycles. The first kappa shape index (κ1) is 7.94. The molecule has 0 amide bonds. The minimum Gasteiger partial charge on any atom is -0.198 e. The quantitative estimate of drug-likeness (QED) is 0.611. The second-order valence-corrected chi connectivity index (χ2v) is 3.93. The molecular formula is C8H13NS. The Balaban J connectivity index is 2.09. The SMILES string of the molecule is N#CCCC1CCCSC1. The zero-order chi connectivity index (χ0) is 7.23. The van der Waals surface area contributed by atoms with Crippen LogP contribution in [0.1, 0.15) is 25.7 Å². The highest BCUT2D eigenvalue weighted by Crippen LogP contribution is 2.25. The van der Waals surface area contributed by atoms with E-state index in [1.165, 1.54) is 24.3 Å². The van der Waals surface area contributed by atoms with Gasteiger partial charge < -0.3 is 0 Å². The Bertz CT molecular complexity index is 122. The lowest BCUT2D eigenvalue weighted by molar-refractivity contribution is 0.492. The first-order chi connectivity index (χ1) is 4.93. The summed E-state index contributed by atoms with van der Waals surface area (Å²) in [4.78, 5) is 0. The maximum atomic E-state index is 8.34. The number of rotatable bonds is 2. The van der Waals surface area contributed by atoms with Crippen LogP contribution in [0.5, 0.6) is 0 Å². The van der Waals surface area contributed by atoms with Crippen LogP contribution in [0.3, 0.4) is 0 Å². The van der Waals surface area contributed by atoms with E-state index in [0.717, 1.165) is 18.8 Å². The number of hydrogen-bond donors (Lipinski definition) is 0. The Labute approximate surface area is 66.8 Å². The van der Waals surface area contributed by atoms with Crippen molar-refractivity contribution in [2.75, 3.05) is 11.5 Å². The van der Waals surface area contributed by atoms with Crippen LogP contribution < -0.4 is 0 Å². The fourth-order valence-corrected chi connectivity index (χ4v) is 2.51. The zero-order valence-corrected chi connectivity index (χ0v) is 6.99. The fourth-order valence-electron chi connectivity index (χ4n) is 1.30. The van der Waals surface area contributed by atoms with Gasteiger partial charge in [-0.1, -0.05) is 0 Å². The molecule has 1 heterocycles. The maximum Gasteiger partial charge on any atom is 0.0621 e. The highest BCUT2D eigenvalue weighted by atomic mass is 32.2. The zero-order valence-electron chi connectivity index (χ0n) is 6.18. The van der Waals surface area contributed by atoms with Crippen LogP contribution >= 0.6 is 11.8 Å². The third kappa shape index (κ3) is 2.62. The summed E-state index contributed by atoms with van der Waals surface area (Å²) in [5.41, 5.74) is 0. The van der Waals surface area contributed by atoms with E-state index < -0.39 is 0 Å². The Morgan fingerprint density at radius 1 is 1.60 bits per heavy atom. The summed E-state index contributed by atoms with van der Waals surface area (Å²) in [6, 6.07) is 2.21. The van der Waals surface area contributed by atoms with E-state index in [4.69, 9.17) is 5.26 Å². The Hall–Kier alpha value is -0.160. The van der Waals surface area contributed by atoms with Gasteiger partial charge in [0.2, 0.25) is 0 Å². The van der Waals surface area contributed by atoms with Crippen molar-refractivity contribution in [1.29, 1.82) is 5.26 Å². The van der Waals surface area contributed by atoms with Gasteiger partial charge in [0.25, 0.3) is 0 Å². The van der Waals surface area contributed by atoms with Gasteiger partial charge in [0, 0.05) is 6.42 Å². The molecule has 1 fully saturated rings. The first-order valence-corrected chi connectivity index (χ1v) is 5.03. The molecule has 1 rings (SSSR count). The molecule has 0 radical (unpaired) electrons. The number of thioether (sulfide) groups is 1. The lowest BCUT2D eigenvalue weighted by atomic mass is 10.0. The molecule has 0 aromatic carbocycles. The summed E-state index contributed by atoms with van der Waals surface area (Å²) in [5, 5.41) is 8.34. The van der Waals surface area contributed by atoms with Gasteiger partial charge in [-0.25, -0.2) is 0 Å². The molecular weight excluding hydrogens is 142 g/mol. The minimum absolute atomic E-state index is 0.755. The van der Waals surface area contributed by atoms with Gasteiger partial charge in [-0.3, -0.25) is 0 Å². The standard InChI is InChI=1S/C8H13NS/c9-5-1-3-8-4-2-6-10-7-8/h8H,1-4,6-7H2. The van der Waals surface area contributed by atoms with Gasteiger partial charge in [0.1, 0.15) is 0 Å². The topological polar surface area (TPSA) is 23.8 Å². The molecule has 1 aliphatic heterocycles. The number of nitriles is 1. The van der Waals surface area contributed by atoms with Crippen molar-refractivity contribution in [3.05, 3.63) is 0 Å². The summed E-state index contributed by atoms with van der Waals surface area (Å²) in [6.07, 6.45) is 4.60. The summed E-state index contributed by atoms with van der Waals surface area (Å²) in [7, 11) is 0. The molecule has 2 heteroatoms. The van der Waals surface area contributed by atoms with Crippen LogP contribution in [0, 0.1) is 17.2 Å². The van der Waals surface area contributed by atoms with Gasteiger partial charge in [-0.15, -0.1) is 0 Å². The minimum atomic E-state index is 0.755. The Morgan fingerprint density at radius 2 is 2.50 bits per heavy atom. The van der Waals surface area contributed by atoms with Crippen molar-refractivity contribution in [3.63, 3.8) is 0 Å². The van der Waals surface area contributed by atoms with Crippen molar-refractivity contribution < 1.29 is 0 Å². The predicted molar refractivity (Wildman–Crippen MR) is 44.9 cm³/mol. The number of hydrogen-bond acceptors (Lipinski definition) is 2. The van der Waals surface area contributed by atoms with Crippen LogP contribution in [0.25, 0.3) is 0 Å². The first-order valence-electron chi connectivity index (χ1n) is 3.88. The van der Waals surface area contributed by atoms with Crippen molar-refractivity contribution in [2.24, 2.45) is 5.92 Å². The molecule has 1 atom stereocenters. The molecule has 0 bridgehead atoms. The van der Waals surface area contributed by atoms with E-state index in [9.17, 15) is 0 Å². The van der Waals surface area contributed by atoms with E-state index in [0.29, 0.717) is 0 Å². The molecule has 0 aromatic heterocycles. The molecule has 10 heavy (non-hydrogen) atoms. The molecule has 1 unspecified atom stereocenters. The highest BCUT2D eigenvalue weighted by Gasteiger charge is 2.12. The normalized spacial score (nSPS) is 25.7. The highest BCUT2D eigenvalue weighted by molar-refractivity contribution is 7.99. The maximum absolute atomic E-state index is 8.34. The average molecular weight is 155 g/mol. The van der Waals surface area contributed by atoms with E-state index in [1.54, 1.807) is 0 Å². The number of nitrogens with zero attached hydrogens (tertiary/aromatic N) is 1. The van der Waals surface area contributed by atoms with Crippen LogP contribution in [0.2, 0.25) is 0 Å². The third-order valence-corrected chi connectivity index (χ3v) is 3.20. The summed E-state index contributed by atoms with van der Waals surface area (Å²) in [5.74, 6) is 3.48. The average Bonchev–Trinajstić information content (AvgIpc) is 2.03. The van der Waals surface area contributed by atoms with Crippen molar-refractivity contribution in [3.8, 4) is 6.07 Å². The van der Waals surface area contributed by atoms with Gasteiger partial charge in [0.05, 0.1) is 6.07 Å². The summed E-state index contributed by atoms with van der Waals surface area (Å²) >= 11 is 2.04. The van der Waals surface area contributed by atoms with Crippen molar-refractivity contribution >= 4 is 11.8 Å². The van der Waals surface area contributed by atoms with Crippen molar-refractivity contribution in [2.45, 2.75) is 25.7 Å². The second-order valence-electron chi connectivity index (χ2n) is 2.78. The van der Waals surface area contributed by atoms with Crippen LogP contribution in [0.4, 0.5) is 0 Å². The van der Waals surface area contributed by atoms with Gasteiger partial charge >= 0.3 is 0 Å². The lowest BCUT2D eigenvalue weighted by Crippen LogP contribution is -2.09. The summed E-state index contributed by atoms with van der Waals surface area (Å²) < 4.78 is 0. The Kier molecular flexibility index (Phi) is 3.67. The molecule has 56 valence electrons. The monoisotopic (exact) mass is 155 g/mol. The van der Waals surface area contributed by atoms with Crippen LogP contribution in [0.15, 0.2) is 0 Å². The lowest BCUT2D eigenvalue weighted by Gasteiger charge is -2.19. The van der Waals surface area contributed by atoms with Gasteiger partial charge in [-0.05, 0) is 36.7 Å². The second kappa shape index (κ2) is 4.62. The largest absolute Gasteiger partial charge is 0.198 e. The molecule has 0 N–H and O–H groups in total. The predicted octanol–water partition coefficient (Wildman–Crippen LogP) is 2.43. The van der Waals surface area contributed by atoms with Crippen LogP contribution in [-0.2, 0) is 0 Å². The smallest absolute Gasteiger partial charge is 0.0621 e. The third-order valence-electron chi connectivity index (χ3n) is 1.92. The fraction of sp³-hybridized carbons (Fsp3) is 0.875. The van der Waals surface area contributed by atoms with E-state index in [1.807, 2.05) is 11.8 Å².